The zero-order valence-corrected chi connectivity index (χ0v) is 12.1. The van der Waals surface area contributed by atoms with Crippen LogP contribution in [0, 0.1) is 0 Å². The van der Waals surface area contributed by atoms with Crippen LogP contribution in [-0.2, 0) is 6.42 Å². The molecule has 0 radical (unpaired) electrons. The van der Waals surface area contributed by atoms with Crippen LogP contribution in [0.15, 0.2) is 48.5 Å². The van der Waals surface area contributed by atoms with Gasteiger partial charge in [-0.05, 0) is 34.7 Å². The highest BCUT2D eigenvalue weighted by molar-refractivity contribution is 6.30. The molecule has 1 atom stereocenters. The Morgan fingerprint density at radius 1 is 0.895 bits per heavy atom. The molecule has 19 heavy (non-hydrogen) atoms. The number of benzene rings is 2. The molecule has 0 bridgehead atoms. The first-order valence-corrected chi connectivity index (χ1v) is 6.96. The maximum absolute atomic E-state index is 10.2. The molecule has 2 heteroatoms. The molecule has 2 aromatic carbocycles. The molecule has 0 saturated carbocycles. The Balaban J connectivity index is 2.06. The minimum atomic E-state index is -0.484. The highest BCUT2D eigenvalue weighted by Gasteiger charge is 2.08. The van der Waals surface area contributed by atoms with Gasteiger partial charge in [0.1, 0.15) is 0 Å². The third-order valence-electron chi connectivity index (χ3n) is 3.33. The molecule has 0 fully saturated rings. The molecule has 0 aliphatic rings. The molecule has 1 N–H and O–H groups in total. The normalized spacial score (nSPS) is 12.7. The summed E-state index contributed by atoms with van der Waals surface area (Å²) in [6, 6.07) is 15.8. The zero-order chi connectivity index (χ0) is 13.8. The highest BCUT2D eigenvalue weighted by atomic mass is 35.5. The number of halogens is 1. The van der Waals surface area contributed by atoms with Gasteiger partial charge < -0.3 is 5.11 Å². The predicted molar refractivity (Wildman–Crippen MR) is 80.6 cm³/mol. The Morgan fingerprint density at radius 2 is 1.42 bits per heavy atom. The zero-order valence-electron chi connectivity index (χ0n) is 11.3. The van der Waals surface area contributed by atoms with Gasteiger partial charge in [-0.2, -0.15) is 0 Å². The first-order chi connectivity index (χ1) is 9.06. The van der Waals surface area contributed by atoms with Crippen molar-refractivity contribution < 1.29 is 5.11 Å². The quantitative estimate of drug-likeness (QED) is 0.854. The summed E-state index contributed by atoms with van der Waals surface area (Å²) in [5.74, 6) is 0.537. The summed E-state index contributed by atoms with van der Waals surface area (Å²) < 4.78 is 0. The smallest absolute Gasteiger partial charge is 0.0830 e. The van der Waals surface area contributed by atoms with Crippen molar-refractivity contribution in [3.05, 3.63) is 70.2 Å². The third-order valence-corrected chi connectivity index (χ3v) is 3.58. The summed E-state index contributed by atoms with van der Waals surface area (Å²) in [6.45, 7) is 4.36. The minimum absolute atomic E-state index is 0.484. The van der Waals surface area contributed by atoms with Gasteiger partial charge in [-0.3, -0.25) is 0 Å². The molecular weight excluding hydrogens is 256 g/mol. The number of rotatable bonds is 4. The van der Waals surface area contributed by atoms with E-state index in [1.165, 1.54) is 5.56 Å². The molecule has 0 spiro atoms. The van der Waals surface area contributed by atoms with E-state index >= 15 is 0 Å². The Morgan fingerprint density at radius 3 is 1.95 bits per heavy atom. The van der Waals surface area contributed by atoms with Crippen LogP contribution in [0.5, 0.6) is 0 Å². The molecule has 2 aromatic rings. The van der Waals surface area contributed by atoms with Crippen LogP contribution in [0.3, 0.4) is 0 Å². The van der Waals surface area contributed by atoms with Crippen molar-refractivity contribution in [3.8, 4) is 0 Å². The highest BCUT2D eigenvalue weighted by Crippen LogP contribution is 2.21. The summed E-state index contributed by atoms with van der Waals surface area (Å²) in [4.78, 5) is 0. The van der Waals surface area contributed by atoms with Gasteiger partial charge in [-0.25, -0.2) is 0 Å². The molecule has 0 saturated heterocycles. The van der Waals surface area contributed by atoms with Gasteiger partial charge in [-0.15, -0.1) is 0 Å². The Bertz CT molecular complexity index is 514. The molecule has 1 unspecified atom stereocenters. The Hall–Kier alpha value is -1.31. The van der Waals surface area contributed by atoms with Crippen molar-refractivity contribution in [2.45, 2.75) is 32.3 Å². The van der Waals surface area contributed by atoms with Crippen LogP contribution in [0.1, 0.15) is 42.6 Å². The van der Waals surface area contributed by atoms with Crippen LogP contribution in [0.2, 0.25) is 5.02 Å². The van der Waals surface area contributed by atoms with E-state index in [-0.39, 0.29) is 0 Å². The van der Waals surface area contributed by atoms with E-state index in [1.807, 2.05) is 24.3 Å². The van der Waals surface area contributed by atoms with E-state index in [1.54, 1.807) is 0 Å². The second-order valence-electron chi connectivity index (χ2n) is 5.17. The van der Waals surface area contributed by atoms with E-state index in [0.29, 0.717) is 17.4 Å². The largest absolute Gasteiger partial charge is 0.388 e. The van der Waals surface area contributed by atoms with Gasteiger partial charge in [0.25, 0.3) is 0 Å². The van der Waals surface area contributed by atoms with Gasteiger partial charge in [0.05, 0.1) is 6.10 Å². The molecule has 2 rings (SSSR count). The monoisotopic (exact) mass is 274 g/mol. The van der Waals surface area contributed by atoms with E-state index in [2.05, 4.69) is 38.1 Å². The van der Waals surface area contributed by atoms with Crippen molar-refractivity contribution in [3.63, 3.8) is 0 Å². The fourth-order valence-electron chi connectivity index (χ4n) is 2.06. The summed E-state index contributed by atoms with van der Waals surface area (Å²) >= 11 is 5.84. The topological polar surface area (TPSA) is 20.2 Å². The van der Waals surface area contributed by atoms with Gasteiger partial charge in [0.2, 0.25) is 0 Å². The first kappa shape index (κ1) is 14.1. The van der Waals surface area contributed by atoms with Crippen molar-refractivity contribution in [1.82, 2.24) is 0 Å². The van der Waals surface area contributed by atoms with Crippen LogP contribution < -0.4 is 0 Å². The summed E-state index contributed by atoms with van der Waals surface area (Å²) in [5.41, 5.74) is 3.37. The molecule has 0 heterocycles. The lowest BCUT2D eigenvalue weighted by molar-refractivity contribution is 0.178. The second-order valence-corrected chi connectivity index (χ2v) is 5.60. The standard InChI is InChI=1S/C17H19ClO/c1-12(2)14-5-3-13(4-6-14)11-17(19)15-7-9-16(18)10-8-15/h3-10,12,17,19H,11H2,1-2H3. The average Bonchev–Trinajstić information content (AvgIpc) is 2.40. The van der Waals surface area contributed by atoms with E-state index in [0.717, 1.165) is 11.1 Å². The molecule has 1 nitrogen and oxygen atoms in total. The fourth-order valence-corrected chi connectivity index (χ4v) is 2.19. The van der Waals surface area contributed by atoms with Crippen LogP contribution >= 0.6 is 11.6 Å². The van der Waals surface area contributed by atoms with E-state index in [4.69, 9.17) is 11.6 Å². The molecule has 0 aliphatic carbocycles. The van der Waals surface area contributed by atoms with Gasteiger partial charge in [-0.1, -0.05) is 61.8 Å². The molecule has 0 aromatic heterocycles. The van der Waals surface area contributed by atoms with Crippen molar-refractivity contribution in [2.24, 2.45) is 0 Å². The van der Waals surface area contributed by atoms with Crippen LogP contribution in [-0.4, -0.2) is 5.11 Å². The number of aliphatic hydroxyl groups excluding tert-OH is 1. The third kappa shape index (κ3) is 3.82. The fraction of sp³-hybridized carbons (Fsp3) is 0.294. The average molecular weight is 275 g/mol. The maximum Gasteiger partial charge on any atom is 0.0830 e. The second kappa shape index (κ2) is 6.23. The minimum Gasteiger partial charge on any atom is -0.388 e. The first-order valence-electron chi connectivity index (χ1n) is 6.58. The van der Waals surface area contributed by atoms with Gasteiger partial charge in [0.15, 0.2) is 0 Å². The lowest BCUT2D eigenvalue weighted by atomic mass is 9.97. The van der Waals surface area contributed by atoms with Gasteiger partial charge >= 0.3 is 0 Å². The molecule has 0 amide bonds. The summed E-state index contributed by atoms with van der Waals surface area (Å²) in [6.07, 6.45) is 0.141. The molecular formula is C17H19ClO. The molecule has 0 aliphatic heterocycles. The summed E-state index contributed by atoms with van der Waals surface area (Å²) in [5, 5.41) is 10.9. The van der Waals surface area contributed by atoms with Crippen molar-refractivity contribution >= 4 is 11.6 Å². The Labute approximate surface area is 119 Å². The van der Waals surface area contributed by atoms with Crippen LogP contribution in [0.4, 0.5) is 0 Å². The number of hydrogen-bond acceptors (Lipinski definition) is 1. The number of hydrogen-bond donors (Lipinski definition) is 1. The lowest BCUT2D eigenvalue weighted by Gasteiger charge is -2.12. The number of aliphatic hydroxyl groups is 1. The van der Waals surface area contributed by atoms with E-state index in [9.17, 15) is 5.11 Å². The predicted octanol–water partition coefficient (Wildman–Crippen LogP) is 4.74. The van der Waals surface area contributed by atoms with Gasteiger partial charge in [0, 0.05) is 11.4 Å². The van der Waals surface area contributed by atoms with Crippen molar-refractivity contribution in [2.75, 3.05) is 0 Å². The maximum atomic E-state index is 10.2. The Kier molecular flexibility index (Phi) is 4.62. The summed E-state index contributed by atoms with van der Waals surface area (Å²) in [7, 11) is 0. The van der Waals surface area contributed by atoms with E-state index < -0.39 is 6.10 Å². The lowest BCUT2D eigenvalue weighted by Crippen LogP contribution is -2.01. The SMILES string of the molecule is CC(C)c1ccc(CC(O)c2ccc(Cl)cc2)cc1. The molecule has 100 valence electrons. The van der Waals surface area contributed by atoms with Crippen LogP contribution in [0.25, 0.3) is 0 Å². The van der Waals surface area contributed by atoms with Crippen molar-refractivity contribution in [1.29, 1.82) is 0 Å².